The third kappa shape index (κ3) is 6.85. The maximum Gasteiger partial charge on any atom is 0.508 e. The largest absolute Gasteiger partial charge is 0.508 e. The van der Waals surface area contributed by atoms with E-state index in [4.69, 9.17) is 14.2 Å². The molecule has 1 rings (SSSR count). The van der Waals surface area contributed by atoms with Gasteiger partial charge in [0.25, 0.3) is 5.69 Å². The van der Waals surface area contributed by atoms with Gasteiger partial charge in [-0.3, -0.25) is 10.1 Å². The molecule has 0 N–H and O–H groups in total. The molecule has 0 amide bonds. The van der Waals surface area contributed by atoms with E-state index in [1.165, 1.54) is 12.1 Å². The number of carbonyl (C=O) groups excluding carboxylic acids is 1. The lowest BCUT2D eigenvalue weighted by atomic mass is 9.89. The lowest BCUT2D eigenvalue weighted by Crippen LogP contribution is -2.38. The zero-order valence-corrected chi connectivity index (χ0v) is 15.0. The van der Waals surface area contributed by atoms with Gasteiger partial charge in [-0.15, -0.1) is 0 Å². The van der Waals surface area contributed by atoms with Gasteiger partial charge in [0, 0.05) is 11.5 Å². The Balaban J connectivity index is 2.79. The maximum atomic E-state index is 11.7. The van der Waals surface area contributed by atoms with Crippen molar-refractivity contribution in [3.63, 3.8) is 0 Å². The summed E-state index contributed by atoms with van der Waals surface area (Å²) in [6, 6.07) is 5.89. The van der Waals surface area contributed by atoms with E-state index >= 15 is 0 Å². The fourth-order valence-electron chi connectivity index (χ4n) is 1.72. The van der Waals surface area contributed by atoms with Gasteiger partial charge in [0.15, 0.2) is 0 Å². The molecule has 0 saturated heterocycles. The summed E-state index contributed by atoms with van der Waals surface area (Å²) in [6.07, 6.45) is -1.27. The summed E-state index contributed by atoms with van der Waals surface area (Å²) >= 11 is 0. The zero-order chi connectivity index (χ0) is 18.5. The quantitative estimate of drug-likeness (QED) is 0.450. The predicted molar refractivity (Wildman–Crippen MR) is 89.2 cm³/mol. The van der Waals surface area contributed by atoms with Crippen LogP contribution in [0.3, 0.4) is 0 Å². The van der Waals surface area contributed by atoms with Crippen molar-refractivity contribution in [2.75, 3.05) is 6.61 Å². The van der Waals surface area contributed by atoms with Gasteiger partial charge in [0.1, 0.15) is 24.1 Å². The third-order valence-electron chi connectivity index (χ3n) is 3.01. The molecule has 134 valence electrons. The number of nitrogens with zero attached hydrogens (tertiary/aromatic N) is 1. The number of rotatable bonds is 5. The fourth-order valence-corrected chi connectivity index (χ4v) is 1.72. The van der Waals surface area contributed by atoms with Crippen LogP contribution in [-0.2, 0) is 9.47 Å². The van der Waals surface area contributed by atoms with Crippen LogP contribution < -0.4 is 4.74 Å². The van der Waals surface area contributed by atoms with E-state index in [-0.39, 0.29) is 17.7 Å². The number of benzene rings is 1. The molecule has 0 fully saturated rings. The second-order valence-electron chi connectivity index (χ2n) is 7.50. The van der Waals surface area contributed by atoms with E-state index in [0.29, 0.717) is 5.75 Å². The molecule has 1 atom stereocenters. The van der Waals surface area contributed by atoms with Gasteiger partial charge in [-0.2, -0.15) is 0 Å². The molecule has 1 aromatic rings. The van der Waals surface area contributed by atoms with E-state index < -0.39 is 22.8 Å². The van der Waals surface area contributed by atoms with E-state index in [2.05, 4.69) is 0 Å². The number of nitro benzene ring substituents is 1. The first-order valence-electron chi connectivity index (χ1n) is 7.65. The van der Waals surface area contributed by atoms with E-state index in [1.807, 2.05) is 20.8 Å². The minimum absolute atomic E-state index is 0.0267. The highest BCUT2D eigenvalue weighted by atomic mass is 16.7. The van der Waals surface area contributed by atoms with Crippen molar-refractivity contribution in [3.8, 4) is 5.75 Å². The molecule has 0 aromatic heterocycles. The highest BCUT2D eigenvalue weighted by Gasteiger charge is 2.29. The first-order valence-corrected chi connectivity index (χ1v) is 7.65. The van der Waals surface area contributed by atoms with Crippen LogP contribution in [0.15, 0.2) is 24.3 Å². The van der Waals surface area contributed by atoms with E-state index in [0.717, 1.165) is 0 Å². The summed E-state index contributed by atoms with van der Waals surface area (Å²) in [6.45, 7) is 11.0. The Hall–Kier alpha value is -2.31. The van der Waals surface area contributed by atoms with Crippen LogP contribution in [0.2, 0.25) is 0 Å². The molecule has 1 unspecified atom stereocenters. The highest BCUT2D eigenvalue weighted by molar-refractivity contribution is 5.60. The molecular weight excluding hydrogens is 314 g/mol. The maximum absolute atomic E-state index is 11.7. The molecule has 0 aliphatic carbocycles. The predicted octanol–water partition coefficient (Wildman–Crippen LogP) is 4.34. The van der Waals surface area contributed by atoms with Gasteiger partial charge in [-0.25, -0.2) is 4.79 Å². The van der Waals surface area contributed by atoms with Gasteiger partial charge in [0.2, 0.25) is 0 Å². The monoisotopic (exact) mass is 339 g/mol. The summed E-state index contributed by atoms with van der Waals surface area (Å²) in [7, 11) is 0. The molecule has 0 aliphatic rings. The molecule has 0 heterocycles. The van der Waals surface area contributed by atoms with Crippen LogP contribution in [0, 0.1) is 15.5 Å². The van der Waals surface area contributed by atoms with Crippen LogP contribution in [0.4, 0.5) is 10.5 Å². The number of non-ortho nitro benzene ring substituents is 1. The number of hydrogen-bond donors (Lipinski definition) is 0. The van der Waals surface area contributed by atoms with Crippen molar-refractivity contribution < 1.29 is 23.9 Å². The smallest absolute Gasteiger partial charge is 0.486 e. The van der Waals surface area contributed by atoms with Gasteiger partial charge >= 0.3 is 6.16 Å². The number of nitro groups is 1. The van der Waals surface area contributed by atoms with Crippen LogP contribution in [0.25, 0.3) is 0 Å². The molecule has 0 saturated carbocycles. The second kappa shape index (κ2) is 7.51. The number of hydrogen-bond acceptors (Lipinski definition) is 6. The molecule has 7 heteroatoms. The standard InChI is InChI=1S/C17H25NO6/c1-16(2,3)14(11-22-15(19)24-17(4,5)6)23-13-9-7-8-12(10-13)18(20)21/h7-10,14H,11H2,1-6H3. The third-order valence-corrected chi connectivity index (χ3v) is 3.01. The number of carbonyl (C=O) groups is 1. The van der Waals surface area contributed by atoms with Gasteiger partial charge < -0.3 is 14.2 Å². The molecular formula is C17H25NO6. The molecule has 1 aromatic carbocycles. The van der Waals surface area contributed by atoms with Crippen molar-refractivity contribution in [2.45, 2.75) is 53.2 Å². The van der Waals surface area contributed by atoms with Gasteiger partial charge in [-0.05, 0) is 26.8 Å². The lowest BCUT2D eigenvalue weighted by molar-refractivity contribution is -0.385. The first-order chi connectivity index (χ1) is 10.9. The highest BCUT2D eigenvalue weighted by Crippen LogP contribution is 2.27. The molecule has 0 aliphatic heterocycles. The normalized spacial score (nSPS) is 13.1. The summed E-state index contributed by atoms with van der Waals surface area (Å²) in [5.74, 6) is 0.344. The van der Waals surface area contributed by atoms with Crippen molar-refractivity contribution >= 4 is 11.8 Å². The van der Waals surface area contributed by atoms with Gasteiger partial charge in [0.05, 0.1) is 11.0 Å². The van der Waals surface area contributed by atoms with Crippen LogP contribution >= 0.6 is 0 Å². The topological polar surface area (TPSA) is 87.9 Å². The lowest BCUT2D eigenvalue weighted by Gasteiger charge is -2.31. The van der Waals surface area contributed by atoms with Crippen LogP contribution in [-0.4, -0.2) is 29.4 Å². The molecule has 0 spiro atoms. The van der Waals surface area contributed by atoms with E-state index in [9.17, 15) is 14.9 Å². The molecule has 0 bridgehead atoms. The molecule has 0 radical (unpaired) electrons. The first kappa shape index (κ1) is 19.7. The van der Waals surface area contributed by atoms with Crippen molar-refractivity contribution in [1.82, 2.24) is 0 Å². The summed E-state index contributed by atoms with van der Waals surface area (Å²) < 4.78 is 16.0. The van der Waals surface area contributed by atoms with Crippen LogP contribution in [0.5, 0.6) is 5.75 Å². The SMILES string of the molecule is CC(C)(C)OC(=O)OCC(Oc1cccc([N+](=O)[O-])c1)C(C)(C)C. The minimum atomic E-state index is -0.778. The average Bonchev–Trinajstić information content (AvgIpc) is 2.40. The Morgan fingerprint density at radius 1 is 1.21 bits per heavy atom. The van der Waals surface area contributed by atoms with Crippen molar-refractivity contribution in [2.24, 2.45) is 5.41 Å². The summed E-state index contributed by atoms with van der Waals surface area (Å²) in [4.78, 5) is 22.1. The van der Waals surface area contributed by atoms with E-state index in [1.54, 1.807) is 32.9 Å². The van der Waals surface area contributed by atoms with Gasteiger partial charge in [-0.1, -0.05) is 26.8 Å². The average molecular weight is 339 g/mol. The Morgan fingerprint density at radius 3 is 2.33 bits per heavy atom. The zero-order valence-electron chi connectivity index (χ0n) is 15.0. The minimum Gasteiger partial charge on any atom is -0.486 e. The fraction of sp³-hybridized carbons (Fsp3) is 0.588. The Bertz CT molecular complexity index is 585. The van der Waals surface area contributed by atoms with Crippen molar-refractivity contribution in [3.05, 3.63) is 34.4 Å². The molecule has 7 nitrogen and oxygen atoms in total. The Labute approximate surface area is 142 Å². The van der Waals surface area contributed by atoms with Crippen LogP contribution in [0.1, 0.15) is 41.5 Å². The summed E-state index contributed by atoms with van der Waals surface area (Å²) in [5, 5.41) is 10.8. The molecule has 24 heavy (non-hydrogen) atoms. The Kier molecular flexibility index (Phi) is 6.17. The Morgan fingerprint density at radius 2 is 1.83 bits per heavy atom. The van der Waals surface area contributed by atoms with Crippen molar-refractivity contribution in [1.29, 1.82) is 0 Å². The second-order valence-corrected chi connectivity index (χ2v) is 7.50. The summed E-state index contributed by atoms with van der Waals surface area (Å²) in [5.41, 5.74) is -1.06. The number of ether oxygens (including phenoxy) is 3.